The van der Waals surface area contributed by atoms with Crippen molar-refractivity contribution in [1.82, 2.24) is 14.3 Å². The molecule has 0 aliphatic carbocycles. The van der Waals surface area contributed by atoms with E-state index < -0.39 is 11.9 Å². The first-order chi connectivity index (χ1) is 12.5. The number of aryl methyl sites for hydroxylation is 1. The molecule has 0 fully saturated rings. The quantitative estimate of drug-likeness (QED) is 0.739. The molecule has 0 aliphatic rings. The first-order valence-electron chi connectivity index (χ1n) is 8.59. The van der Waals surface area contributed by atoms with Crippen LogP contribution < -0.4 is 0 Å². The van der Waals surface area contributed by atoms with E-state index >= 15 is 0 Å². The summed E-state index contributed by atoms with van der Waals surface area (Å²) in [5.41, 5.74) is 1.82. The zero-order valence-electron chi connectivity index (χ0n) is 14.9. The maximum absolute atomic E-state index is 14.9. The van der Waals surface area contributed by atoms with E-state index in [2.05, 4.69) is 4.98 Å². The normalized spacial score (nSPS) is 12.3. The highest BCUT2D eigenvalue weighted by Crippen LogP contribution is 2.18. The molecular formula is C20H22FN3O2. The number of nitrogens with zero attached hydrogens (tertiary/aromatic N) is 3. The largest absolute Gasteiger partial charge is 0.396 e. The summed E-state index contributed by atoms with van der Waals surface area (Å²) in [5.74, 6) is -1.25. The number of halogens is 1. The van der Waals surface area contributed by atoms with Crippen molar-refractivity contribution in [3.8, 4) is 0 Å². The number of carbonyl (C=O) groups is 1. The van der Waals surface area contributed by atoms with Crippen molar-refractivity contribution in [1.29, 1.82) is 0 Å². The van der Waals surface area contributed by atoms with Crippen molar-refractivity contribution in [2.24, 2.45) is 5.92 Å². The highest BCUT2D eigenvalue weighted by molar-refractivity contribution is 5.93. The van der Waals surface area contributed by atoms with E-state index in [1.54, 1.807) is 25.1 Å². The molecule has 0 saturated carbocycles. The number of imidazole rings is 1. The molecule has 2 heterocycles. The summed E-state index contributed by atoms with van der Waals surface area (Å²) in [6.45, 7) is 4.20. The van der Waals surface area contributed by atoms with Gasteiger partial charge in [-0.15, -0.1) is 0 Å². The van der Waals surface area contributed by atoms with Gasteiger partial charge >= 0.3 is 0 Å². The molecule has 0 radical (unpaired) electrons. The second kappa shape index (κ2) is 7.66. The summed E-state index contributed by atoms with van der Waals surface area (Å²) in [5, 5.41) is 9.38. The number of fused-ring (bicyclic) bond motifs is 1. The first kappa shape index (κ1) is 18.1. The summed E-state index contributed by atoms with van der Waals surface area (Å²) in [7, 11) is 0. The lowest BCUT2D eigenvalue weighted by molar-refractivity contribution is 0.0684. The standard InChI is InChI=1S/C20H22FN3O2/c1-14(13-25)11-23(12-16-8-4-3-5-9-16)20(26)18-19(21)24-15(2)7-6-10-17(24)22-18/h3-10,14,25H,11-13H2,1-2H3. The molecule has 0 spiro atoms. The maximum Gasteiger partial charge on any atom is 0.277 e. The predicted molar refractivity (Wildman–Crippen MR) is 97.3 cm³/mol. The summed E-state index contributed by atoms with van der Waals surface area (Å²) in [6.07, 6.45) is 0. The number of hydrogen-bond donors (Lipinski definition) is 1. The topological polar surface area (TPSA) is 57.8 Å². The number of carbonyl (C=O) groups excluding carboxylic acids is 1. The molecule has 1 amide bonds. The fraction of sp³-hybridized carbons (Fsp3) is 0.300. The van der Waals surface area contributed by atoms with Crippen LogP contribution in [0, 0.1) is 18.8 Å². The number of aromatic nitrogens is 2. The maximum atomic E-state index is 14.9. The summed E-state index contributed by atoms with van der Waals surface area (Å²) in [4.78, 5) is 18.8. The Balaban J connectivity index is 1.96. The molecule has 0 aliphatic heterocycles. The van der Waals surface area contributed by atoms with E-state index in [1.807, 2.05) is 37.3 Å². The molecule has 3 aromatic rings. The van der Waals surface area contributed by atoms with Crippen molar-refractivity contribution in [3.63, 3.8) is 0 Å². The van der Waals surface area contributed by atoms with E-state index in [1.165, 1.54) is 9.30 Å². The first-order valence-corrected chi connectivity index (χ1v) is 8.59. The van der Waals surface area contributed by atoms with Gasteiger partial charge in [-0.25, -0.2) is 4.98 Å². The van der Waals surface area contributed by atoms with Gasteiger partial charge in [-0.1, -0.05) is 43.3 Å². The predicted octanol–water partition coefficient (Wildman–Crippen LogP) is 3.05. The van der Waals surface area contributed by atoms with Crippen LogP contribution in [-0.2, 0) is 6.54 Å². The van der Waals surface area contributed by atoms with E-state index in [4.69, 9.17) is 0 Å². The molecule has 1 unspecified atom stereocenters. The average Bonchev–Trinajstić information content (AvgIpc) is 2.99. The number of amides is 1. The third-order valence-electron chi connectivity index (χ3n) is 4.33. The summed E-state index contributed by atoms with van der Waals surface area (Å²) < 4.78 is 16.2. The van der Waals surface area contributed by atoms with Crippen molar-refractivity contribution >= 4 is 11.6 Å². The van der Waals surface area contributed by atoms with Crippen LogP contribution in [0.2, 0.25) is 0 Å². The third-order valence-corrected chi connectivity index (χ3v) is 4.33. The lowest BCUT2D eigenvalue weighted by Gasteiger charge is -2.24. The van der Waals surface area contributed by atoms with Crippen LogP contribution in [0.4, 0.5) is 4.39 Å². The minimum Gasteiger partial charge on any atom is -0.396 e. The molecule has 0 saturated heterocycles. The van der Waals surface area contributed by atoms with Crippen LogP contribution >= 0.6 is 0 Å². The van der Waals surface area contributed by atoms with Crippen molar-refractivity contribution in [2.75, 3.05) is 13.2 Å². The van der Waals surface area contributed by atoms with Gasteiger partial charge in [-0.2, -0.15) is 4.39 Å². The van der Waals surface area contributed by atoms with Crippen LogP contribution in [0.25, 0.3) is 5.65 Å². The molecule has 136 valence electrons. The van der Waals surface area contributed by atoms with E-state index in [0.717, 1.165) is 5.56 Å². The molecule has 0 bridgehead atoms. The molecule has 1 aromatic carbocycles. The molecular weight excluding hydrogens is 333 g/mol. The van der Waals surface area contributed by atoms with Gasteiger partial charge in [-0.05, 0) is 30.5 Å². The smallest absolute Gasteiger partial charge is 0.277 e. The average molecular weight is 355 g/mol. The Bertz CT molecular complexity index is 908. The monoisotopic (exact) mass is 355 g/mol. The van der Waals surface area contributed by atoms with Gasteiger partial charge in [0.15, 0.2) is 5.69 Å². The SMILES string of the molecule is Cc1cccc2nc(C(=O)N(Cc3ccccc3)CC(C)CO)c(F)n12. The Hall–Kier alpha value is -2.73. The zero-order valence-corrected chi connectivity index (χ0v) is 14.9. The molecule has 26 heavy (non-hydrogen) atoms. The second-order valence-corrected chi connectivity index (χ2v) is 6.57. The van der Waals surface area contributed by atoms with Gasteiger partial charge in [0.2, 0.25) is 5.95 Å². The Kier molecular flexibility index (Phi) is 5.32. The molecule has 6 heteroatoms. The molecule has 1 N–H and O–H groups in total. The summed E-state index contributed by atoms with van der Waals surface area (Å²) >= 11 is 0. The lowest BCUT2D eigenvalue weighted by Crippen LogP contribution is -2.36. The number of hydrogen-bond acceptors (Lipinski definition) is 3. The van der Waals surface area contributed by atoms with Gasteiger partial charge in [0.1, 0.15) is 5.65 Å². The highest BCUT2D eigenvalue weighted by atomic mass is 19.1. The number of pyridine rings is 1. The number of benzene rings is 1. The van der Waals surface area contributed by atoms with E-state index in [9.17, 15) is 14.3 Å². The van der Waals surface area contributed by atoms with Crippen molar-refractivity contribution < 1.29 is 14.3 Å². The fourth-order valence-electron chi connectivity index (χ4n) is 2.96. The number of aliphatic hydroxyl groups excluding tert-OH is 1. The number of rotatable bonds is 6. The van der Waals surface area contributed by atoms with Crippen LogP contribution in [0.3, 0.4) is 0 Å². The van der Waals surface area contributed by atoms with Crippen molar-refractivity contribution in [3.05, 3.63) is 71.4 Å². The van der Waals surface area contributed by atoms with Crippen LogP contribution in [0.15, 0.2) is 48.5 Å². The minimum atomic E-state index is -0.655. The van der Waals surface area contributed by atoms with Crippen LogP contribution in [0.5, 0.6) is 0 Å². The number of aliphatic hydroxyl groups is 1. The van der Waals surface area contributed by atoms with Crippen molar-refractivity contribution in [2.45, 2.75) is 20.4 Å². The van der Waals surface area contributed by atoms with E-state index in [-0.39, 0.29) is 18.2 Å². The Morgan fingerprint density at radius 3 is 2.62 bits per heavy atom. The van der Waals surface area contributed by atoms with Crippen LogP contribution in [-0.4, -0.2) is 38.4 Å². The van der Waals surface area contributed by atoms with Gasteiger partial charge in [0, 0.05) is 25.4 Å². The zero-order chi connectivity index (χ0) is 18.7. The molecule has 3 rings (SSSR count). The summed E-state index contributed by atoms with van der Waals surface area (Å²) in [6, 6.07) is 14.7. The van der Waals surface area contributed by atoms with Gasteiger partial charge in [-0.3, -0.25) is 9.20 Å². The highest BCUT2D eigenvalue weighted by Gasteiger charge is 2.26. The van der Waals surface area contributed by atoms with Gasteiger partial charge in [0.25, 0.3) is 5.91 Å². The fourth-order valence-corrected chi connectivity index (χ4v) is 2.96. The Morgan fingerprint density at radius 2 is 1.96 bits per heavy atom. The van der Waals surface area contributed by atoms with E-state index in [0.29, 0.717) is 24.4 Å². The van der Waals surface area contributed by atoms with Gasteiger partial charge in [0.05, 0.1) is 0 Å². The van der Waals surface area contributed by atoms with Crippen LogP contribution in [0.1, 0.15) is 28.7 Å². The molecule has 2 aromatic heterocycles. The lowest BCUT2D eigenvalue weighted by atomic mass is 10.1. The Labute approximate surface area is 151 Å². The molecule has 5 nitrogen and oxygen atoms in total. The van der Waals surface area contributed by atoms with Gasteiger partial charge < -0.3 is 10.0 Å². The molecule has 1 atom stereocenters. The second-order valence-electron chi connectivity index (χ2n) is 6.57. The Morgan fingerprint density at radius 1 is 1.23 bits per heavy atom. The minimum absolute atomic E-state index is 0.0503. The third kappa shape index (κ3) is 3.60.